The third-order valence-corrected chi connectivity index (χ3v) is 4.98. The second-order valence-corrected chi connectivity index (χ2v) is 6.91. The number of aromatic nitrogens is 1. The Morgan fingerprint density at radius 2 is 1.80 bits per heavy atom. The van der Waals surface area contributed by atoms with Gasteiger partial charge in [0.1, 0.15) is 0 Å². The molecule has 5 heteroatoms. The van der Waals surface area contributed by atoms with Crippen molar-refractivity contribution in [1.82, 2.24) is 10.3 Å². The molecule has 1 aliphatic carbocycles. The fraction of sp³-hybridized carbons (Fsp3) is 0.350. The molecular formula is C20H22N2O2S. The van der Waals surface area contributed by atoms with E-state index in [-0.39, 0.29) is 24.2 Å². The highest BCUT2D eigenvalue weighted by Gasteiger charge is 2.21. The Kier molecular flexibility index (Phi) is 5.76. The Morgan fingerprint density at radius 3 is 2.52 bits per heavy atom. The van der Waals surface area contributed by atoms with Crippen molar-refractivity contribution >= 4 is 23.9 Å². The summed E-state index contributed by atoms with van der Waals surface area (Å²) >= 11 is 5.36. The van der Waals surface area contributed by atoms with E-state index in [0.717, 1.165) is 25.7 Å². The molecule has 1 fully saturated rings. The third-order valence-electron chi connectivity index (χ3n) is 4.64. The SMILES string of the molecule is O=C(Cc1[nH]ccc(=S)c1C(=O)NC1CCCCC1)c1ccccc1. The summed E-state index contributed by atoms with van der Waals surface area (Å²) in [6.07, 6.45) is 7.35. The van der Waals surface area contributed by atoms with E-state index in [2.05, 4.69) is 10.3 Å². The van der Waals surface area contributed by atoms with E-state index in [4.69, 9.17) is 12.2 Å². The molecule has 1 aliphatic rings. The van der Waals surface area contributed by atoms with Gasteiger partial charge in [0.05, 0.1) is 16.5 Å². The number of aromatic amines is 1. The van der Waals surface area contributed by atoms with Crippen LogP contribution in [0.3, 0.4) is 0 Å². The number of amides is 1. The first kappa shape index (κ1) is 17.5. The molecular weight excluding hydrogens is 332 g/mol. The number of carbonyl (C=O) groups is 2. The zero-order valence-corrected chi connectivity index (χ0v) is 14.9. The van der Waals surface area contributed by atoms with Crippen molar-refractivity contribution in [3.05, 3.63) is 63.9 Å². The molecule has 25 heavy (non-hydrogen) atoms. The van der Waals surface area contributed by atoms with Crippen molar-refractivity contribution in [3.8, 4) is 0 Å². The smallest absolute Gasteiger partial charge is 0.254 e. The Labute approximate surface area is 152 Å². The van der Waals surface area contributed by atoms with Gasteiger partial charge in [-0.2, -0.15) is 0 Å². The van der Waals surface area contributed by atoms with Crippen molar-refractivity contribution < 1.29 is 9.59 Å². The topological polar surface area (TPSA) is 62.0 Å². The number of Topliss-reactive ketones (excluding diaryl/α,β-unsaturated/α-hetero) is 1. The normalized spacial score (nSPS) is 14.9. The minimum absolute atomic E-state index is 0.0378. The van der Waals surface area contributed by atoms with Gasteiger partial charge in [0, 0.05) is 23.5 Å². The van der Waals surface area contributed by atoms with E-state index >= 15 is 0 Å². The van der Waals surface area contributed by atoms with Gasteiger partial charge >= 0.3 is 0 Å². The number of carbonyl (C=O) groups excluding carboxylic acids is 2. The van der Waals surface area contributed by atoms with Crippen LogP contribution in [0, 0.1) is 4.51 Å². The van der Waals surface area contributed by atoms with Crippen LogP contribution in [0.5, 0.6) is 0 Å². The summed E-state index contributed by atoms with van der Waals surface area (Å²) in [7, 11) is 0. The zero-order valence-electron chi connectivity index (χ0n) is 14.1. The van der Waals surface area contributed by atoms with Gasteiger partial charge in [-0.3, -0.25) is 9.59 Å². The lowest BCUT2D eigenvalue weighted by Crippen LogP contribution is -2.37. The van der Waals surface area contributed by atoms with Crippen LogP contribution in [0.2, 0.25) is 0 Å². The number of hydrogen-bond acceptors (Lipinski definition) is 3. The van der Waals surface area contributed by atoms with Gasteiger partial charge in [0.25, 0.3) is 5.91 Å². The van der Waals surface area contributed by atoms with Gasteiger partial charge in [0.2, 0.25) is 0 Å². The molecule has 1 saturated carbocycles. The van der Waals surface area contributed by atoms with Gasteiger partial charge in [-0.25, -0.2) is 0 Å². The van der Waals surface area contributed by atoms with E-state index in [0.29, 0.717) is 21.3 Å². The summed E-state index contributed by atoms with van der Waals surface area (Å²) in [5.41, 5.74) is 1.63. The Morgan fingerprint density at radius 1 is 1.08 bits per heavy atom. The van der Waals surface area contributed by atoms with E-state index < -0.39 is 0 Å². The molecule has 0 bridgehead atoms. The number of hydrogen-bond donors (Lipinski definition) is 2. The second-order valence-electron chi connectivity index (χ2n) is 6.47. The first-order chi connectivity index (χ1) is 12.1. The molecule has 1 aromatic heterocycles. The van der Waals surface area contributed by atoms with Gasteiger partial charge in [-0.1, -0.05) is 61.8 Å². The largest absolute Gasteiger partial charge is 0.364 e. The minimum Gasteiger partial charge on any atom is -0.364 e. The zero-order chi connectivity index (χ0) is 17.6. The summed E-state index contributed by atoms with van der Waals surface area (Å²) in [6, 6.07) is 11.0. The van der Waals surface area contributed by atoms with Crippen LogP contribution >= 0.6 is 12.2 Å². The van der Waals surface area contributed by atoms with Crippen LogP contribution in [0.4, 0.5) is 0 Å². The first-order valence-corrected chi connectivity index (χ1v) is 9.15. The predicted octanol–water partition coefficient (Wildman–Crippen LogP) is 4.23. The fourth-order valence-electron chi connectivity index (χ4n) is 3.30. The van der Waals surface area contributed by atoms with Crippen molar-refractivity contribution in [2.45, 2.75) is 44.6 Å². The quantitative estimate of drug-likeness (QED) is 0.624. The fourth-order valence-corrected chi connectivity index (χ4v) is 3.59. The Hall–Kier alpha value is -2.27. The van der Waals surface area contributed by atoms with Crippen molar-refractivity contribution in [1.29, 1.82) is 0 Å². The predicted molar refractivity (Wildman–Crippen MR) is 100 cm³/mol. The molecule has 0 aliphatic heterocycles. The Bertz CT molecular complexity index is 808. The van der Waals surface area contributed by atoms with Crippen LogP contribution < -0.4 is 5.32 Å². The highest BCUT2D eigenvalue weighted by atomic mass is 32.1. The molecule has 0 radical (unpaired) electrons. The van der Waals surface area contributed by atoms with Crippen LogP contribution in [0.1, 0.15) is 58.5 Å². The number of rotatable bonds is 5. The van der Waals surface area contributed by atoms with Gasteiger partial charge in [-0.05, 0) is 18.9 Å². The first-order valence-electron chi connectivity index (χ1n) is 8.75. The molecule has 0 saturated heterocycles. The van der Waals surface area contributed by atoms with Gasteiger partial charge in [-0.15, -0.1) is 0 Å². The average molecular weight is 354 g/mol. The highest BCUT2D eigenvalue weighted by molar-refractivity contribution is 7.71. The lowest BCUT2D eigenvalue weighted by Gasteiger charge is -2.23. The summed E-state index contributed by atoms with van der Waals surface area (Å²) < 4.78 is 0.475. The maximum absolute atomic E-state index is 12.8. The number of benzene rings is 1. The molecule has 0 unspecified atom stereocenters. The van der Waals surface area contributed by atoms with E-state index in [1.54, 1.807) is 24.4 Å². The van der Waals surface area contributed by atoms with E-state index in [1.165, 1.54) is 6.42 Å². The van der Waals surface area contributed by atoms with Crippen LogP contribution in [-0.2, 0) is 6.42 Å². The number of nitrogens with one attached hydrogen (secondary N) is 2. The van der Waals surface area contributed by atoms with Gasteiger partial charge < -0.3 is 10.3 Å². The third kappa shape index (κ3) is 4.42. The van der Waals surface area contributed by atoms with E-state index in [9.17, 15) is 9.59 Å². The molecule has 0 atom stereocenters. The molecule has 4 nitrogen and oxygen atoms in total. The maximum Gasteiger partial charge on any atom is 0.254 e. The molecule has 1 heterocycles. The lowest BCUT2D eigenvalue weighted by molar-refractivity contribution is 0.0925. The van der Waals surface area contributed by atoms with Crippen LogP contribution in [0.25, 0.3) is 0 Å². The summed E-state index contributed by atoms with van der Waals surface area (Å²) in [6.45, 7) is 0. The summed E-state index contributed by atoms with van der Waals surface area (Å²) in [4.78, 5) is 28.3. The average Bonchev–Trinajstić information content (AvgIpc) is 2.63. The number of pyridine rings is 1. The standard InChI is InChI=1S/C20H22N2O2S/c23-17(14-7-3-1-4-8-14)13-16-19(18(25)11-12-21-16)20(24)22-15-9-5-2-6-10-15/h1,3-4,7-8,11-12,15H,2,5-6,9-10,13H2,(H,21,25)(H,22,24). The molecule has 2 aromatic rings. The minimum atomic E-state index is -0.176. The van der Waals surface area contributed by atoms with E-state index in [1.807, 2.05) is 18.2 Å². The molecule has 1 amide bonds. The number of ketones is 1. The molecule has 130 valence electrons. The van der Waals surface area contributed by atoms with Crippen LogP contribution in [-0.4, -0.2) is 22.7 Å². The Balaban J connectivity index is 1.80. The lowest BCUT2D eigenvalue weighted by atomic mass is 9.95. The molecule has 2 N–H and O–H groups in total. The maximum atomic E-state index is 12.8. The van der Waals surface area contributed by atoms with Gasteiger partial charge in [0.15, 0.2) is 5.78 Å². The summed E-state index contributed by atoms with van der Waals surface area (Å²) in [5, 5.41) is 3.09. The van der Waals surface area contributed by atoms with Crippen molar-refractivity contribution in [2.24, 2.45) is 0 Å². The molecule has 1 aromatic carbocycles. The highest BCUT2D eigenvalue weighted by Crippen LogP contribution is 2.19. The number of H-pyrrole nitrogens is 1. The molecule has 3 rings (SSSR count). The second kappa shape index (κ2) is 8.21. The monoisotopic (exact) mass is 354 g/mol. The van der Waals surface area contributed by atoms with Crippen LogP contribution in [0.15, 0.2) is 42.6 Å². The summed E-state index contributed by atoms with van der Waals surface area (Å²) in [5.74, 6) is -0.214. The molecule has 0 spiro atoms. The van der Waals surface area contributed by atoms with Crippen molar-refractivity contribution in [2.75, 3.05) is 0 Å². The van der Waals surface area contributed by atoms with Crippen molar-refractivity contribution in [3.63, 3.8) is 0 Å².